The molecule has 166 valence electrons. The monoisotopic (exact) mass is 471 g/mol. The zero-order valence-electron chi connectivity index (χ0n) is 16.5. The molecule has 0 fully saturated rings. The molecule has 1 heterocycles. The highest BCUT2D eigenvalue weighted by Crippen LogP contribution is 2.30. The first kappa shape index (κ1) is 21.0. The van der Waals surface area contributed by atoms with E-state index in [0.29, 0.717) is 21.5 Å². The van der Waals surface area contributed by atoms with E-state index in [9.17, 15) is 31.2 Å². The van der Waals surface area contributed by atoms with Crippen LogP contribution < -0.4 is 15.4 Å². The van der Waals surface area contributed by atoms with Crippen LogP contribution in [0, 0.1) is 0 Å². The summed E-state index contributed by atoms with van der Waals surface area (Å²) >= 11 is 0. The van der Waals surface area contributed by atoms with Crippen LogP contribution in [0.2, 0.25) is 0 Å². The second-order valence-electron chi connectivity index (χ2n) is 7.30. The summed E-state index contributed by atoms with van der Waals surface area (Å²) in [4.78, 5) is 26.8. The molecule has 6 nitrogen and oxygen atoms in total. The van der Waals surface area contributed by atoms with E-state index in [4.69, 9.17) is 0 Å². The van der Waals surface area contributed by atoms with Crippen LogP contribution in [-0.4, -0.2) is 18.7 Å². The van der Waals surface area contributed by atoms with E-state index in [1.165, 1.54) is 0 Å². The highest BCUT2D eigenvalue weighted by molar-refractivity contribution is 7.87. The third kappa shape index (κ3) is 3.13. The van der Waals surface area contributed by atoms with Crippen molar-refractivity contribution in [3.63, 3.8) is 0 Å². The Balaban J connectivity index is 2.12. The molecule has 0 bridgehead atoms. The van der Waals surface area contributed by atoms with Crippen LogP contribution in [0.25, 0.3) is 43.1 Å². The first-order valence-corrected chi connectivity index (χ1v) is 10.9. The molecule has 10 heteroatoms. The molecule has 0 atom stereocenters. The Bertz CT molecular complexity index is 1730. The normalized spacial score (nSPS) is 12.6. The number of hydrogen-bond donors (Lipinski definition) is 0. The van der Waals surface area contributed by atoms with E-state index in [0.717, 1.165) is 0 Å². The fourth-order valence-electron chi connectivity index (χ4n) is 3.96. The largest absolute Gasteiger partial charge is 0.536 e. The highest BCUT2D eigenvalue weighted by Gasteiger charge is 2.49. The number of benzene rings is 4. The third-order valence-electron chi connectivity index (χ3n) is 5.40. The number of nitrogens with zero attached hydrogens (tertiary/aromatic N) is 1. The summed E-state index contributed by atoms with van der Waals surface area (Å²) in [6.07, 6.45) is 0. The lowest BCUT2D eigenvalue weighted by Gasteiger charge is -2.09. The minimum absolute atomic E-state index is 0.146. The first-order chi connectivity index (χ1) is 15.6. The van der Waals surface area contributed by atoms with Gasteiger partial charge in [0.1, 0.15) is 0 Å². The van der Waals surface area contributed by atoms with Crippen LogP contribution >= 0.6 is 0 Å². The Labute approximate surface area is 183 Å². The minimum atomic E-state index is -6.31. The van der Waals surface area contributed by atoms with Gasteiger partial charge in [0.2, 0.25) is 0 Å². The fourth-order valence-corrected chi connectivity index (χ4v) is 4.37. The molecular weight excluding hydrogens is 459 g/mol. The maximum atomic E-state index is 13.4. The Hall–Kier alpha value is -3.92. The molecule has 0 unspecified atom stereocenters. The Kier molecular flexibility index (Phi) is 4.47. The number of halogens is 3. The quantitative estimate of drug-likeness (QED) is 0.362. The predicted molar refractivity (Wildman–Crippen MR) is 119 cm³/mol. The molecule has 0 N–H and O–H groups in total. The Morgan fingerprint density at radius 2 is 1.06 bits per heavy atom. The van der Waals surface area contributed by atoms with Gasteiger partial charge >= 0.3 is 15.6 Å². The number of fused-ring (bicyclic) bond motifs is 7. The van der Waals surface area contributed by atoms with Crippen molar-refractivity contribution in [1.82, 2.24) is 4.73 Å². The van der Waals surface area contributed by atoms with Gasteiger partial charge in [-0.2, -0.15) is 21.6 Å². The first-order valence-electron chi connectivity index (χ1n) is 9.54. The van der Waals surface area contributed by atoms with Crippen molar-refractivity contribution >= 4 is 53.2 Å². The van der Waals surface area contributed by atoms with Crippen molar-refractivity contribution in [2.45, 2.75) is 5.51 Å². The lowest BCUT2D eigenvalue weighted by Crippen LogP contribution is -2.43. The number of alkyl halides is 3. The molecule has 0 saturated heterocycles. The van der Waals surface area contributed by atoms with Crippen molar-refractivity contribution in [1.29, 1.82) is 0 Å². The minimum Gasteiger partial charge on any atom is -0.274 e. The van der Waals surface area contributed by atoms with E-state index in [1.807, 2.05) is 0 Å². The Morgan fingerprint density at radius 1 is 0.636 bits per heavy atom. The van der Waals surface area contributed by atoms with Crippen molar-refractivity contribution < 1.29 is 25.9 Å². The van der Waals surface area contributed by atoms with Gasteiger partial charge in [-0.3, -0.25) is 13.9 Å². The summed E-state index contributed by atoms with van der Waals surface area (Å²) < 4.78 is 66.6. The van der Waals surface area contributed by atoms with Crippen LogP contribution in [-0.2, 0) is 10.1 Å². The molecule has 0 aliphatic rings. The van der Waals surface area contributed by atoms with Gasteiger partial charge in [0.15, 0.2) is 0 Å². The van der Waals surface area contributed by atoms with Crippen molar-refractivity contribution in [3.05, 3.63) is 93.5 Å². The van der Waals surface area contributed by atoms with Gasteiger partial charge in [0, 0.05) is 0 Å². The molecule has 0 spiro atoms. The zero-order valence-corrected chi connectivity index (χ0v) is 17.3. The van der Waals surface area contributed by atoms with Gasteiger partial charge in [0.25, 0.3) is 11.1 Å². The summed E-state index contributed by atoms with van der Waals surface area (Å²) in [5, 5.41) is 2.03. The number of aromatic nitrogens is 1. The molecule has 0 saturated carbocycles. The maximum Gasteiger partial charge on any atom is 0.536 e. The fraction of sp³-hybridized carbons (Fsp3) is 0.0435. The smallest absolute Gasteiger partial charge is 0.274 e. The van der Waals surface area contributed by atoms with E-state index in [-0.39, 0.29) is 26.3 Å². The van der Waals surface area contributed by atoms with Crippen molar-refractivity contribution in [3.8, 4) is 0 Å². The summed E-state index contributed by atoms with van der Waals surface area (Å²) in [7, 11) is -6.31. The van der Waals surface area contributed by atoms with Crippen LogP contribution in [0.15, 0.2) is 82.4 Å². The number of hydrogen-bond acceptors (Lipinski definition) is 5. The second-order valence-corrected chi connectivity index (χ2v) is 8.82. The molecule has 0 aliphatic carbocycles. The zero-order chi connectivity index (χ0) is 23.5. The summed E-state index contributed by atoms with van der Waals surface area (Å²) in [5.74, 6) is 0. The van der Waals surface area contributed by atoms with E-state index in [1.54, 1.807) is 72.8 Å². The van der Waals surface area contributed by atoms with Gasteiger partial charge < -0.3 is 0 Å². The molecule has 0 aliphatic heterocycles. The van der Waals surface area contributed by atoms with E-state index < -0.39 is 26.7 Å². The molecule has 1 aromatic heterocycles. The van der Waals surface area contributed by atoms with Crippen molar-refractivity contribution in [2.24, 2.45) is 0 Å². The molecule has 5 aromatic rings. The maximum absolute atomic E-state index is 13.4. The molecule has 0 radical (unpaired) electrons. The van der Waals surface area contributed by atoms with E-state index >= 15 is 0 Å². The second kappa shape index (κ2) is 7.04. The lowest BCUT2D eigenvalue weighted by atomic mass is 9.98. The van der Waals surface area contributed by atoms with Gasteiger partial charge in [-0.25, -0.2) is 0 Å². The van der Waals surface area contributed by atoms with Crippen LogP contribution in [0.4, 0.5) is 13.2 Å². The summed E-state index contributed by atoms with van der Waals surface area (Å²) in [6.45, 7) is 0. The van der Waals surface area contributed by atoms with Gasteiger partial charge in [0.05, 0.1) is 10.8 Å². The molecule has 4 aromatic carbocycles. The van der Waals surface area contributed by atoms with Crippen molar-refractivity contribution in [2.75, 3.05) is 0 Å². The molecule has 0 amide bonds. The highest BCUT2D eigenvalue weighted by atomic mass is 32.2. The average molecular weight is 471 g/mol. The average Bonchev–Trinajstić information content (AvgIpc) is 2.87. The van der Waals surface area contributed by atoms with Gasteiger partial charge in [-0.05, 0) is 32.3 Å². The van der Waals surface area contributed by atoms with Gasteiger partial charge in [-0.1, -0.05) is 77.5 Å². The Morgan fingerprint density at radius 3 is 1.48 bits per heavy atom. The lowest BCUT2D eigenvalue weighted by molar-refractivity contribution is -0.0551. The van der Waals surface area contributed by atoms with Crippen LogP contribution in [0.5, 0.6) is 0 Å². The van der Waals surface area contributed by atoms with Crippen LogP contribution in [0.1, 0.15) is 0 Å². The topological polar surface area (TPSA) is 82.4 Å². The molecular formula is C23H12F3NO5S. The third-order valence-corrected chi connectivity index (χ3v) is 6.31. The van der Waals surface area contributed by atoms with Crippen LogP contribution in [0.3, 0.4) is 0 Å². The van der Waals surface area contributed by atoms with E-state index in [2.05, 4.69) is 4.28 Å². The number of rotatable bonds is 2. The standard InChI is InChI=1S/C23H12F3NO5S/c24-23(25,26)33(30,31)32-27-21(28)19-15-7-3-1-5-13(15)9-11-17(19)18-12-10-14-6-2-4-8-16(14)20(18)22(27)29/h1-12H. The SMILES string of the molecule is O=c1c2c3ccccc3ccc2c2ccc3ccccc3c2c(=O)n1OS(=O)(=O)C(F)(F)F. The molecule has 5 rings (SSSR count). The summed E-state index contributed by atoms with van der Waals surface area (Å²) in [6, 6.07) is 19.6. The predicted octanol–water partition coefficient (Wildman–Crippen LogP) is 4.10. The summed E-state index contributed by atoms with van der Waals surface area (Å²) in [5.41, 5.74) is -8.48. The van der Waals surface area contributed by atoms with Gasteiger partial charge in [-0.15, -0.1) is 0 Å². The molecule has 33 heavy (non-hydrogen) atoms.